The average Bonchev–Trinajstić information content (AvgIpc) is 2.44. The van der Waals surface area contributed by atoms with Gasteiger partial charge in [-0.15, -0.1) is 0 Å². The number of carbonyl (C=O) groups is 2. The number of unbranched alkanes of at least 4 members (excludes halogenated alkanes) is 2. The molecule has 0 heterocycles. The topological polar surface area (TPSA) is 54.4 Å². The van der Waals surface area contributed by atoms with Crippen LogP contribution < -0.4 is 0 Å². The largest absolute Gasteiger partial charge is 0.481 e. The minimum atomic E-state index is -0.821. The number of ketones is 1. The number of Topliss-reactive ketones (excluding diaryl/α,β-unsaturated/α-hetero) is 1. The van der Waals surface area contributed by atoms with Crippen molar-refractivity contribution in [3.8, 4) is 0 Å². The third-order valence-corrected chi connectivity index (χ3v) is 3.30. The van der Waals surface area contributed by atoms with Gasteiger partial charge in [-0.2, -0.15) is 0 Å². The van der Waals surface area contributed by atoms with Crippen LogP contribution in [-0.2, 0) is 9.59 Å². The van der Waals surface area contributed by atoms with Gasteiger partial charge in [0.15, 0.2) is 5.78 Å². The fourth-order valence-electron chi connectivity index (χ4n) is 2.32. The van der Waals surface area contributed by atoms with E-state index in [1.807, 2.05) is 13.0 Å². The number of aliphatic carboxylic acids is 1. The van der Waals surface area contributed by atoms with Gasteiger partial charge in [-0.05, 0) is 18.4 Å². The van der Waals surface area contributed by atoms with Gasteiger partial charge >= 0.3 is 5.97 Å². The molecule has 1 N–H and O–H groups in total. The molecule has 1 aliphatic carbocycles. The molecule has 1 unspecified atom stereocenters. The maximum Gasteiger partial charge on any atom is 0.304 e. The van der Waals surface area contributed by atoms with Crippen molar-refractivity contribution < 1.29 is 14.7 Å². The summed E-state index contributed by atoms with van der Waals surface area (Å²) in [5.74, 6) is -0.682. The predicted octanol–water partition coefficient (Wildman–Crippen LogP) is 2.95. The van der Waals surface area contributed by atoms with Crippen LogP contribution in [0.4, 0.5) is 0 Å². The normalized spacial score (nSPS) is 27.6. The first kappa shape index (κ1) is 12.9. The van der Waals surface area contributed by atoms with Gasteiger partial charge in [0.1, 0.15) is 0 Å². The fraction of sp³-hybridized carbons (Fsp3) is 0.692. The number of allylic oxidation sites excluding steroid dienone is 2. The molecular weight excluding hydrogens is 204 g/mol. The van der Waals surface area contributed by atoms with Gasteiger partial charge in [-0.3, -0.25) is 9.59 Å². The highest BCUT2D eigenvalue weighted by Gasteiger charge is 2.40. The highest BCUT2D eigenvalue weighted by molar-refractivity contribution is 5.99. The summed E-state index contributed by atoms with van der Waals surface area (Å²) < 4.78 is 0. The van der Waals surface area contributed by atoms with Crippen molar-refractivity contribution in [2.24, 2.45) is 5.41 Å². The van der Waals surface area contributed by atoms with Gasteiger partial charge in [-0.1, -0.05) is 32.8 Å². The molecule has 0 aromatic carbocycles. The third kappa shape index (κ3) is 2.94. The first-order valence-corrected chi connectivity index (χ1v) is 5.95. The number of carbonyl (C=O) groups excluding carboxylic acids is 1. The molecule has 3 heteroatoms. The monoisotopic (exact) mass is 224 g/mol. The van der Waals surface area contributed by atoms with Crippen LogP contribution in [0.3, 0.4) is 0 Å². The summed E-state index contributed by atoms with van der Waals surface area (Å²) in [6, 6.07) is 0. The molecule has 0 radical (unpaired) electrons. The second-order valence-electron chi connectivity index (χ2n) is 4.81. The molecule has 0 bridgehead atoms. The van der Waals surface area contributed by atoms with Gasteiger partial charge in [-0.25, -0.2) is 0 Å². The molecule has 0 amide bonds. The highest BCUT2D eigenvalue weighted by Crippen LogP contribution is 2.43. The highest BCUT2D eigenvalue weighted by atomic mass is 16.4. The molecule has 3 nitrogen and oxygen atoms in total. The molecule has 90 valence electrons. The Morgan fingerprint density at radius 2 is 2.25 bits per heavy atom. The van der Waals surface area contributed by atoms with Gasteiger partial charge in [0.05, 0.1) is 6.42 Å². The summed E-state index contributed by atoms with van der Waals surface area (Å²) in [4.78, 5) is 22.5. The minimum absolute atomic E-state index is 0.0662. The van der Waals surface area contributed by atoms with Crippen molar-refractivity contribution in [2.45, 2.75) is 52.4 Å². The number of hydrogen-bond acceptors (Lipinski definition) is 2. The molecule has 0 aliphatic heterocycles. The maximum atomic E-state index is 11.7. The molecule has 1 atom stereocenters. The van der Waals surface area contributed by atoms with Crippen LogP contribution in [0.2, 0.25) is 0 Å². The van der Waals surface area contributed by atoms with E-state index in [9.17, 15) is 9.59 Å². The summed E-state index contributed by atoms with van der Waals surface area (Å²) in [6.07, 6.45) is 6.23. The second-order valence-corrected chi connectivity index (χ2v) is 4.81. The fourth-order valence-corrected chi connectivity index (χ4v) is 2.32. The molecule has 0 spiro atoms. The lowest BCUT2D eigenvalue weighted by atomic mass is 9.80. The van der Waals surface area contributed by atoms with E-state index in [-0.39, 0.29) is 12.2 Å². The Bertz CT molecular complexity index is 317. The van der Waals surface area contributed by atoms with Crippen LogP contribution in [0.25, 0.3) is 0 Å². The van der Waals surface area contributed by atoms with Crippen molar-refractivity contribution >= 4 is 11.8 Å². The summed E-state index contributed by atoms with van der Waals surface area (Å²) in [7, 11) is 0. The van der Waals surface area contributed by atoms with E-state index in [0.29, 0.717) is 12.8 Å². The van der Waals surface area contributed by atoms with Crippen LogP contribution in [-0.4, -0.2) is 16.9 Å². The Kier molecular flexibility index (Phi) is 4.27. The standard InChI is InChI=1S/C13H20O3/c1-3-4-5-6-10-11(14)7-8-13(10,2)9-12(15)16/h6H,3-5,7-9H2,1-2H3,(H,15,16)/b10-6-. The molecular formula is C13H20O3. The third-order valence-electron chi connectivity index (χ3n) is 3.30. The summed E-state index contributed by atoms with van der Waals surface area (Å²) in [6.45, 7) is 4.00. The van der Waals surface area contributed by atoms with E-state index in [2.05, 4.69) is 6.92 Å². The van der Waals surface area contributed by atoms with Gasteiger partial charge in [0.2, 0.25) is 0 Å². The predicted molar refractivity (Wildman–Crippen MR) is 62.2 cm³/mol. The molecule has 1 saturated carbocycles. The van der Waals surface area contributed by atoms with Crippen molar-refractivity contribution in [3.63, 3.8) is 0 Å². The van der Waals surface area contributed by atoms with Crippen LogP contribution >= 0.6 is 0 Å². The van der Waals surface area contributed by atoms with E-state index in [4.69, 9.17) is 5.11 Å². The SMILES string of the molecule is CCCC/C=C1/C(=O)CCC1(C)CC(=O)O. The summed E-state index contributed by atoms with van der Waals surface area (Å²) >= 11 is 0. The van der Waals surface area contributed by atoms with Gasteiger partial charge in [0.25, 0.3) is 0 Å². The lowest BCUT2D eigenvalue weighted by molar-refractivity contribution is -0.138. The van der Waals surface area contributed by atoms with Gasteiger partial charge < -0.3 is 5.11 Å². The Morgan fingerprint density at radius 1 is 1.56 bits per heavy atom. The molecule has 0 aromatic rings. The van der Waals surface area contributed by atoms with E-state index in [1.54, 1.807) is 0 Å². The number of carboxylic acid groups (broad SMARTS) is 1. The van der Waals surface area contributed by atoms with Gasteiger partial charge in [0, 0.05) is 11.8 Å². The summed E-state index contributed by atoms with van der Waals surface area (Å²) in [5, 5.41) is 8.88. The smallest absolute Gasteiger partial charge is 0.304 e. The quantitative estimate of drug-likeness (QED) is 0.577. The molecule has 1 rings (SSSR count). The number of carboxylic acids is 1. The zero-order chi connectivity index (χ0) is 12.2. The number of hydrogen-bond donors (Lipinski definition) is 1. The summed E-state index contributed by atoms with van der Waals surface area (Å²) in [5.41, 5.74) is 0.319. The molecule has 0 aromatic heterocycles. The molecule has 16 heavy (non-hydrogen) atoms. The van der Waals surface area contributed by atoms with Crippen molar-refractivity contribution in [1.82, 2.24) is 0 Å². The molecule has 0 saturated heterocycles. The molecule has 1 aliphatic rings. The van der Waals surface area contributed by atoms with Crippen LogP contribution in [0, 0.1) is 5.41 Å². The first-order chi connectivity index (χ1) is 7.49. The van der Waals surface area contributed by atoms with Crippen molar-refractivity contribution in [1.29, 1.82) is 0 Å². The lowest BCUT2D eigenvalue weighted by Gasteiger charge is -2.22. The van der Waals surface area contributed by atoms with Crippen LogP contribution in [0.5, 0.6) is 0 Å². The van der Waals surface area contributed by atoms with Crippen molar-refractivity contribution in [2.75, 3.05) is 0 Å². The molecule has 1 fully saturated rings. The van der Waals surface area contributed by atoms with E-state index in [1.165, 1.54) is 0 Å². The van der Waals surface area contributed by atoms with Crippen molar-refractivity contribution in [3.05, 3.63) is 11.6 Å². The minimum Gasteiger partial charge on any atom is -0.481 e. The van der Waals surface area contributed by atoms with Crippen LogP contribution in [0.1, 0.15) is 52.4 Å². The zero-order valence-corrected chi connectivity index (χ0v) is 10.1. The van der Waals surface area contributed by atoms with Crippen LogP contribution in [0.15, 0.2) is 11.6 Å². The number of rotatable bonds is 5. The maximum absolute atomic E-state index is 11.7. The van der Waals surface area contributed by atoms with E-state index in [0.717, 1.165) is 24.8 Å². The first-order valence-electron chi connectivity index (χ1n) is 5.95. The lowest BCUT2D eigenvalue weighted by Crippen LogP contribution is -2.20. The Balaban J connectivity index is 2.79. The van der Waals surface area contributed by atoms with E-state index < -0.39 is 11.4 Å². The Morgan fingerprint density at radius 3 is 2.81 bits per heavy atom. The Hall–Kier alpha value is -1.12. The Labute approximate surface area is 96.5 Å². The van der Waals surface area contributed by atoms with E-state index >= 15 is 0 Å². The average molecular weight is 224 g/mol. The second kappa shape index (κ2) is 5.28. The zero-order valence-electron chi connectivity index (χ0n) is 10.1.